The minimum absolute atomic E-state index is 0.399. The fourth-order valence-corrected chi connectivity index (χ4v) is 2.57. The normalized spacial score (nSPS) is 21.6. The molecule has 0 aliphatic carbocycles. The van der Waals surface area contributed by atoms with Gasteiger partial charge in [0, 0.05) is 31.2 Å². The van der Waals surface area contributed by atoms with Gasteiger partial charge in [0.1, 0.15) is 0 Å². The Morgan fingerprint density at radius 1 is 1.56 bits per heavy atom. The Hall–Kier alpha value is -0.0900. The summed E-state index contributed by atoms with van der Waals surface area (Å²) in [5.41, 5.74) is 1.29. The number of nitrogens with zero attached hydrogens (tertiary/aromatic N) is 1. The molecular formula is C12H15BrClNO. The molecule has 4 heteroatoms. The van der Waals surface area contributed by atoms with Crippen LogP contribution in [0.4, 0.5) is 0 Å². The molecule has 0 bridgehead atoms. The van der Waals surface area contributed by atoms with Crippen molar-refractivity contribution in [3.05, 3.63) is 33.3 Å². The molecule has 0 unspecified atom stereocenters. The molecule has 0 saturated carbocycles. The monoisotopic (exact) mass is 303 g/mol. The standard InChI is InChI=1S/C12H15BrClNO/c1-16-10-4-5-15(8-10)7-9-2-3-12(14)11(13)6-9/h2-3,6,10H,4-5,7-8H2,1H3/t10-/m0/s1. The van der Waals surface area contributed by atoms with E-state index in [1.807, 2.05) is 6.07 Å². The summed E-state index contributed by atoms with van der Waals surface area (Å²) >= 11 is 9.41. The summed E-state index contributed by atoms with van der Waals surface area (Å²) < 4.78 is 6.32. The van der Waals surface area contributed by atoms with Gasteiger partial charge in [0.2, 0.25) is 0 Å². The Bertz CT molecular complexity index is 372. The largest absolute Gasteiger partial charge is 0.380 e. The summed E-state index contributed by atoms with van der Waals surface area (Å²) in [6.07, 6.45) is 1.53. The van der Waals surface area contributed by atoms with Crippen LogP contribution in [-0.4, -0.2) is 31.2 Å². The summed E-state index contributed by atoms with van der Waals surface area (Å²) in [6.45, 7) is 3.10. The Balaban J connectivity index is 1.97. The van der Waals surface area contributed by atoms with Gasteiger partial charge in [-0.25, -0.2) is 0 Å². The molecule has 1 atom stereocenters. The second-order valence-electron chi connectivity index (χ2n) is 4.13. The van der Waals surface area contributed by atoms with Gasteiger partial charge in [-0.3, -0.25) is 4.90 Å². The van der Waals surface area contributed by atoms with Crippen molar-refractivity contribution in [1.82, 2.24) is 4.90 Å². The van der Waals surface area contributed by atoms with Crippen molar-refractivity contribution in [3.63, 3.8) is 0 Å². The van der Waals surface area contributed by atoms with Gasteiger partial charge in [-0.15, -0.1) is 0 Å². The lowest BCUT2D eigenvalue weighted by molar-refractivity contribution is 0.107. The highest BCUT2D eigenvalue weighted by Gasteiger charge is 2.21. The number of ether oxygens (including phenoxy) is 1. The maximum atomic E-state index is 5.96. The van der Waals surface area contributed by atoms with Crippen LogP contribution in [0.5, 0.6) is 0 Å². The maximum absolute atomic E-state index is 5.96. The Kier molecular flexibility index (Phi) is 4.25. The molecule has 1 aliphatic rings. The van der Waals surface area contributed by atoms with E-state index in [-0.39, 0.29) is 0 Å². The van der Waals surface area contributed by atoms with Crippen molar-refractivity contribution in [1.29, 1.82) is 0 Å². The third kappa shape index (κ3) is 2.98. The van der Waals surface area contributed by atoms with Crippen molar-refractivity contribution in [2.75, 3.05) is 20.2 Å². The van der Waals surface area contributed by atoms with E-state index in [2.05, 4.69) is 33.0 Å². The fraction of sp³-hybridized carbons (Fsp3) is 0.500. The molecule has 1 saturated heterocycles. The molecule has 16 heavy (non-hydrogen) atoms. The number of halogens is 2. The van der Waals surface area contributed by atoms with Gasteiger partial charge in [0.25, 0.3) is 0 Å². The molecule has 1 aromatic rings. The predicted molar refractivity (Wildman–Crippen MR) is 69.8 cm³/mol. The number of hydrogen-bond donors (Lipinski definition) is 0. The lowest BCUT2D eigenvalue weighted by atomic mass is 10.2. The molecule has 1 aromatic carbocycles. The van der Waals surface area contributed by atoms with Gasteiger partial charge in [-0.05, 0) is 40.0 Å². The van der Waals surface area contributed by atoms with Crippen LogP contribution in [-0.2, 0) is 11.3 Å². The van der Waals surface area contributed by atoms with Crippen molar-refractivity contribution >= 4 is 27.5 Å². The van der Waals surface area contributed by atoms with Crippen LogP contribution in [0.2, 0.25) is 5.02 Å². The lowest BCUT2D eigenvalue weighted by Crippen LogP contribution is -2.22. The summed E-state index contributed by atoms with van der Waals surface area (Å²) in [6, 6.07) is 6.10. The van der Waals surface area contributed by atoms with Gasteiger partial charge < -0.3 is 4.74 Å². The SMILES string of the molecule is CO[C@H]1CCN(Cc2ccc(Cl)c(Br)c2)C1. The zero-order valence-corrected chi connectivity index (χ0v) is 11.6. The Morgan fingerprint density at radius 3 is 3.00 bits per heavy atom. The second kappa shape index (κ2) is 5.50. The third-order valence-corrected chi connectivity index (χ3v) is 4.17. The molecule has 0 N–H and O–H groups in total. The van der Waals surface area contributed by atoms with Crippen molar-refractivity contribution in [2.24, 2.45) is 0 Å². The Labute approximate surface area is 110 Å². The number of rotatable bonds is 3. The molecule has 0 aromatic heterocycles. The van der Waals surface area contributed by atoms with Crippen LogP contribution in [0, 0.1) is 0 Å². The molecule has 1 aliphatic heterocycles. The van der Waals surface area contributed by atoms with Crippen molar-refractivity contribution in [3.8, 4) is 0 Å². The summed E-state index contributed by atoms with van der Waals surface area (Å²) in [5.74, 6) is 0. The molecule has 0 radical (unpaired) electrons. The van der Waals surface area contributed by atoms with E-state index in [0.29, 0.717) is 6.10 Å². The molecule has 0 amide bonds. The van der Waals surface area contributed by atoms with E-state index in [4.69, 9.17) is 16.3 Å². The summed E-state index contributed by atoms with van der Waals surface area (Å²) in [7, 11) is 1.78. The quantitative estimate of drug-likeness (QED) is 0.849. The molecular weight excluding hydrogens is 289 g/mol. The van der Waals surface area contributed by atoms with Crippen LogP contribution < -0.4 is 0 Å². The topological polar surface area (TPSA) is 12.5 Å². The lowest BCUT2D eigenvalue weighted by Gasteiger charge is -2.15. The van der Waals surface area contributed by atoms with Gasteiger partial charge >= 0.3 is 0 Å². The number of likely N-dealkylation sites (tertiary alicyclic amines) is 1. The second-order valence-corrected chi connectivity index (χ2v) is 5.39. The van der Waals surface area contributed by atoms with Crippen LogP contribution >= 0.6 is 27.5 Å². The summed E-state index contributed by atoms with van der Waals surface area (Å²) in [5, 5.41) is 0.764. The zero-order chi connectivity index (χ0) is 11.5. The molecule has 88 valence electrons. The van der Waals surface area contributed by atoms with Crippen LogP contribution in [0.3, 0.4) is 0 Å². The van der Waals surface area contributed by atoms with Crippen molar-refractivity contribution in [2.45, 2.75) is 19.1 Å². The highest BCUT2D eigenvalue weighted by atomic mass is 79.9. The van der Waals surface area contributed by atoms with Crippen molar-refractivity contribution < 1.29 is 4.74 Å². The van der Waals surface area contributed by atoms with E-state index in [0.717, 1.165) is 35.6 Å². The van der Waals surface area contributed by atoms with Crippen LogP contribution in [0.15, 0.2) is 22.7 Å². The number of hydrogen-bond acceptors (Lipinski definition) is 2. The van der Waals surface area contributed by atoms with Gasteiger partial charge in [-0.1, -0.05) is 17.7 Å². The zero-order valence-electron chi connectivity index (χ0n) is 9.25. The fourth-order valence-electron chi connectivity index (χ4n) is 2.03. The number of benzene rings is 1. The van der Waals surface area contributed by atoms with Crippen LogP contribution in [0.25, 0.3) is 0 Å². The first-order valence-electron chi connectivity index (χ1n) is 5.38. The van der Waals surface area contributed by atoms with Gasteiger partial charge in [0.15, 0.2) is 0 Å². The minimum Gasteiger partial charge on any atom is -0.380 e. The molecule has 2 nitrogen and oxygen atoms in total. The van der Waals surface area contributed by atoms with Gasteiger partial charge in [0.05, 0.1) is 11.1 Å². The summed E-state index contributed by atoms with van der Waals surface area (Å²) in [4.78, 5) is 2.41. The predicted octanol–water partition coefficient (Wildman–Crippen LogP) is 3.32. The maximum Gasteiger partial charge on any atom is 0.0710 e. The molecule has 2 rings (SSSR count). The van der Waals surface area contributed by atoms with E-state index in [1.54, 1.807) is 7.11 Å². The highest BCUT2D eigenvalue weighted by molar-refractivity contribution is 9.10. The number of methoxy groups -OCH3 is 1. The first-order valence-corrected chi connectivity index (χ1v) is 6.55. The van der Waals surface area contributed by atoms with Gasteiger partial charge in [-0.2, -0.15) is 0 Å². The van der Waals surface area contributed by atoms with Crippen LogP contribution in [0.1, 0.15) is 12.0 Å². The third-order valence-electron chi connectivity index (χ3n) is 2.95. The molecule has 0 spiro atoms. The Morgan fingerprint density at radius 2 is 2.38 bits per heavy atom. The smallest absolute Gasteiger partial charge is 0.0710 e. The van der Waals surface area contributed by atoms with E-state index < -0.39 is 0 Å². The first-order chi connectivity index (χ1) is 7.69. The molecule has 1 heterocycles. The average Bonchev–Trinajstić information content (AvgIpc) is 2.71. The first kappa shape index (κ1) is 12.4. The van der Waals surface area contributed by atoms with E-state index >= 15 is 0 Å². The van der Waals surface area contributed by atoms with E-state index in [9.17, 15) is 0 Å². The average molecular weight is 305 g/mol. The highest BCUT2D eigenvalue weighted by Crippen LogP contribution is 2.24. The van der Waals surface area contributed by atoms with E-state index in [1.165, 1.54) is 5.56 Å². The molecule has 1 fully saturated rings. The minimum atomic E-state index is 0.399.